The fraction of sp³-hybridized carbons (Fsp3) is 0.280. The number of hydrogen-bond acceptors (Lipinski definition) is 7. The van der Waals surface area contributed by atoms with Crippen molar-refractivity contribution in [2.75, 3.05) is 12.3 Å². The van der Waals surface area contributed by atoms with Gasteiger partial charge in [-0.3, -0.25) is 0 Å². The molecule has 3 heterocycles. The van der Waals surface area contributed by atoms with Crippen molar-refractivity contribution in [1.29, 1.82) is 0 Å². The molecular formula is C25H25N3O3S. The first kappa shape index (κ1) is 21.0. The van der Waals surface area contributed by atoms with Gasteiger partial charge in [-0.15, -0.1) is 11.3 Å². The van der Waals surface area contributed by atoms with Gasteiger partial charge in [0.1, 0.15) is 18.2 Å². The predicted octanol–water partition coefficient (Wildman–Crippen LogP) is 4.91. The van der Waals surface area contributed by atoms with Crippen LogP contribution in [0.2, 0.25) is 0 Å². The minimum absolute atomic E-state index is 0.0786. The SMILES string of the molecule is Nc1ncnc2c([C@H]3C[C@H](OCc4ccccc4)[C@@H](COCc4ccccc4)O3)csc12. The summed E-state index contributed by atoms with van der Waals surface area (Å²) in [6.45, 7) is 1.54. The van der Waals surface area contributed by atoms with Gasteiger partial charge in [0.15, 0.2) is 0 Å². The van der Waals surface area contributed by atoms with Gasteiger partial charge in [0.05, 0.1) is 42.2 Å². The van der Waals surface area contributed by atoms with Crippen LogP contribution in [0.25, 0.3) is 10.2 Å². The number of ether oxygens (including phenoxy) is 3. The Balaban J connectivity index is 1.30. The molecule has 0 saturated carbocycles. The van der Waals surface area contributed by atoms with E-state index in [0.29, 0.717) is 25.6 Å². The van der Waals surface area contributed by atoms with E-state index < -0.39 is 0 Å². The molecule has 0 bridgehead atoms. The van der Waals surface area contributed by atoms with Crippen LogP contribution in [0.4, 0.5) is 5.82 Å². The van der Waals surface area contributed by atoms with Gasteiger partial charge >= 0.3 is 0 Å². The Morgan fingerprint density at radius 1 is 0.969 bits per heavy atom. The maximum Gasteiger partial charge on any atom is 0.144 e. The van der Waals surface area contributed by atoms with Crippen molar-refractivity contribution in [3.63, 3.8) is 0 Å². The second kappa shape index (κ2) is 9.75. The van der Waals surface area contributed by atoms with Crippen molar-refractivity contribution in [3.8, 4) is 0 Å². The monoisotopic (exact) mass is 447 g/mol. The van der Waals surface area contributed by atoms with Gasteiger partial charge in [-0.1, -0.05) is 60.7 Å². The number of fused-ring (bicyclic) bond motifs is 1. The van der Waals surface area contributed by atoms with E-state index in [0.717, 1.165) is 33.3 Å². The predicted molar refractivity (Wildman–Crippen MR) is 125 cm³/mol. The third-order valence-electron chi connectivity index (χ3n) is 5.66. The number of rotatable bonds is 8. The zero-order valence-corrected chi connectivity index (χ0v) is 18.4. The Labute approximate surface area is 191 Å². The van der Waals surface area contributed by atoms with E-state index in [1.165, 1.54) is 6.33 Å². The van der Waals surface area contributed by atoms with E-state index in [1.54, 1.807) is 11.3 Å². The number of anilines is 1. The first-order chi connectivity index (χ1) is 15.8. The highest BCUT2D eigenvalue weighted by atomic mass is 32.1. The molecule has 2 N–H and O–H groups in total. The van der Waals surface area contributed by atoms with E-state index in [-0.39, 0.29) is 18.3 Å². The van der Waals surface area contributed by atoms with Crippen LogP contribution in [0.1, 0.15) is 29.2 Å². The Morgan fingerprint density at radius 3 is 2.44 bits per heavy atom. The van der Waals surface area contributed by atoms with Gasteiger partial charge in [0.25, 0.3) is 0 Å². The first-order valence-corrected chi connectivity index (χ1v) is 11.6. The summed E-state index contributed by atoms with van der Waals surface area (Å²) in [4.78, 5) is 8.56. The molecule has 0 spiro atoms. The molecule has 3 atom stereocenters. The minimum atomic E-state index is -0.165. The molecule has 1 aliphatic heterocycles. The van der Waals surface area contributed by atoms with Crippen LogP contribution in [0.15, 0.2) is 72.4 Å². The standard InChI is InChI=1S/C25H25N3O3S/c26-25-24-23(27-16-28-25)19(15-32-24)20-11-21(30-13-18-9-5-2-6-10-18)22(31-20)14-29-12-17-7-3-1-4-8-17/h1-10,15-16,20-22H,11-14H2,(H2,26,27,28)/t20-,21+,22-/m1/s1. The summed E-state index contributed by atoms with van der Waals surface area (Å²) >= 11 is 1.55. The van der Waals surface area contributed by atoms with Crippen LogP contribution in [0.5, 0.6) is 0 Å². The van der Waals surface area contributed by atoms with Crippen LogP contribution >= 0.6 is 11.3 Å². The van der Waals surface area contributed by atoms with E-state index in [9.17, 15) is 0 Å². The maximum absolute atomic E-state index is 6.45. The summed E-state index contributed by atoms with van der Waals surface area (Å²) in [6, 6.07) is 20.3. The zero-order valence-electron chi connectivity index (χ0n) is 17.6. The van der Waals surface area contributed by atoms with Gasteiger partial charge in [-0.25, -0.2) is 9.97 Å². The molecule has 4 aromatic rings. The van der Waals surface area contributed by atoms with Gasteiger partial charge in [0, 0.05) is 12.0 Å². The molecule has 7 heteroatoms. The van der Waals surface area contributed by atoms with Crippen molar-refractivity contribution in [3.05, 3.63) is 89.1 Å². The summed E-state index contributed by atoms with van der Waals surface area (Å²) in [6.07, 6.45) is 1.88. The molecule has 0 unspecified atom stereocenters. The zero-order chi connectivity index (χ0) is 21.8. The lowest BCUT2D eigenvalue weighted by atomic mass is 10.1. The number of benzene rings is 2. The topological polar surface area (TPSA) is 79.5 Å². The summed E-state index contributed by atoms with van der Waals surface area (Å²) in [5.41, 5.74) is 10.2. The van der Waals surface area contributed by atoms with Crippen molar-refractivity contribution in [1.82, 2.24) is 9.97 Å². The second-order valence-electron chi connectivity index (χ2n) is 7.86. The fourth-order valence-electron chi connectivity index (χ4n) is 4.00. The Kier molecular flexibility index (Phi) is 6.41. The molecule has 32 heavy (non-hydrogen) atoms. The van der Waals surface area contributed by atoms with E-state index >= 15 is 0 Å². The molecule has 1 aliphatic rings. The molecule has 1 fully saturated rings. The largest absolute Gasteiger partial charge is 0.382 e. The lowest BCUT2D eigenvalue weighted by Gasteiger charge is -2.19. The minimum Gasteiger partial charge on any atom is -0.382 e. The van der Waals surface area contributed by atoms with Crippen molar-refractivity contribution in [2.24, 2.45) is 0 Å². The number of thiophene rings is 1. The van der Waals surface area contributed by atoms with E-state index in [4.69, 9.17) is 19.9 Å². The van der Waals surface area contributed by atoms with Crippen LogP contribution in [-0.4, -0.2) is 28.8 Å². The summed E-state index contributed by atoms with van der Waals surface area (Å²) in [7, 11) is 0. The van der Waals surface area contributed by atoms with Gasteiger partial charge in [0.2, 0.25) is 0 Å². The summed E-state index contributed by atoms with van der Waals surface area (Å²) < 4.78 is 19.7. The highest BCUT2D eigenvalue weighted by Crippen LogP contribution is 2.40. The highest BCUT2D eigenvalue weighted by Gasteiger charge is 2.38. The van der Waals surface area contributed by atoms with Crippen molar-refractivity contribution in [2.45, 2.75) is 37.9 Å². The summed E-state index contributed by atoms with van der Waals surface area (Å²) in [5.74, 6) is 0.504. The molecule has 0 aliphatic carbocycles. The van der Waals surface area contributed by atoms with Crippen LogP contribution in [0, 0.1) is 0 Å². The van der Waals surface area contributed by atoms with Crippen molar-refractivity contribution < 1.29 is 14.2 Å². The Bertz CT molecular complexity index is 1150. The average molecular weight is 448 g/mol. The quantitative estimate of drug-likeness (QED) is 0.414. The van der Waals surface area contributed by atoms with Gasteiger partial charge < -0.3 is 19.9 Å². The number of nitrogens with two attached hydrogens (primary N) is 1. The number of hydrogen-bond donors (Lipinski definition) is 1. The Hall–Kier alpha value is -2.84. The fourth-order valence-corrected chi connectivity index (χ4v) is 4.96. The van der Waals surface area contributed by atoms with Crippen LogP contribution in [-0.2, 0) is 27.4 Å². The molecule has 2 aromatic carbocycles. The molecule has 5 rings (SSSR count). The number of nitrogen functional groups attached to an aromatic ring is 1. The van der Waals surface area contributed by atoms with Crippen molar-refractivity contribution >= 4 is 27.4 Å². The lowest BCUT2D eigenvalue weighted by molar-refractivity contribution is -0.0714. The normalized spacial score (nSPS) is 20.7. The third-order valence-corrected chi connectivity index (χ3v) is 6.67. The number of nitrogens with zero attached hydrogens (tertiary/aromatic N) is 2. The lowest BCUT2D eigenvalue weighted by Crippen LogP contribution is -2.29. The van der Waals surface area contributed by atoms with Gasteiger partial charge in [-0.05, 0) is 16.5 Å². The first-order valence-electron chi connectivity index (χ1n) is 10.7. The van der Waals surface area contributed by atoms with Crippen LogP contribution < -0.4 is 5.73 Å². The molecular weight excluding hydrogens is 422 g/mol. The third kappa shape index (κ3) is 4.66. The van der Waals surface area contributed by atoms with E-state index in [2.05, 4.69) is 39.6 Å². The molecule has 0 radical (unpaired) electrons. The summed E-state index contributed by atoms with van der Waals surface area (Å²) in [5, 5.41) is 2.07. The van der Waals surface area contributed by atoms with Crippen LogP contribution in [0.3, 0.4) is 0 Å². The molecule has 164 valence electrons. The molecule has 1 saturated heterocycles. The smallest absolute Gasteiger partial charge is 0.144 e. The molecule has 6 nitrogen and oxygen atoms in total. The second-order valence-corrected chi connectivity index (χ2v) is 8.74. The average Bonchev–Trinajstić information content (AvgIpc) is 3.44. The number of aromatic nitrogens is 2. The maximum atomic E-state index is 6.45. The highest BCUT2D eigenvalue weighted by molar-refractivity contribution is 7.17. The molecule has 0 amide bonds. The van der Waals surface area contributed by atoms with E-state index in [1.807, 2.05) is 36.4 Å². The molecule has 2 aromatic heterocycles. The van der Waals surface area contributed by atoms with Gasteiger partial charge in [-0.2, -0.15) is 0 Å². The Morgan fingerprint density at radius 2 is 1.69 bits per heavy atom.